The third kappa shape index (κ3) is 3.39. The highest BCUT2D eigenvalue weighted by Gasteiger charge is 2.39. The van der Waals surface area contributed by atoms with Crippen molar-refractivity contribution >= 4 is 12.0 Å². The number of rotatable bonds is 5. The molecule has 17 heavy (non-hydrogen) atoms. The topological polar surface area (TPSA) is 66.8 Å². The number of aliphatic hydroxyl groups excluding tert-OH is 1. The fourth-order valence-electron chi connectivity index (χ4n) is 1.74. The summed E-state index contributed by atoms with van der Waals surface area (Å²) in [4.78, 5) is 24.2. The molecule has 0 radical (unpaired) electrons. The van der Waals surface area contributed by atoms with Gasteiger partial charge in [0, 0.05) is 6.42 Å². The average Bonchev–Trinajstić information content (AvgIpc) is 2.60. The Bertz CT molecular complexity index is 295. The van der Waals surface area contributed by atoms with Crippen molar-refractivity contribution in [1.29, 1.82) is 0 Å². The molecule has 1 N–H and O–H groups in total. The third-order valence-electron chi connectivity index (χ3n) is 2.80. The van der Waals surface area contributed by atoms with Gasteiger partial charge in [0.15, 0.2) is 0 Å². The summed E-state index contributed by atoms with van der Waals surface area (Å²) in [5.41, 5.74) is 0. The molecule has 1 saturated heterocycles. The molecule has 0 aromatic heterocycles. The van der Waals surface area contributed by atoms with Gasteiger partial charge in [-0.15, -0.1) is 0 Å². The fourth-order valence-corrected chi connectivity index (χ4v) is 1.74. The van der Waals surface area contributed by atoms with E-state index in [0.29, 0.717) is 0 Å². The van der Waals surface area contributed by atoms with Gasteiger partial charge in [-0.3, -0.25) is 9.18 Å². The lowest BCUT2D eigenvalue weighted by Gasteiger charge is -2.23. The van der Waals surface area contributed by atoms with Gasteiger partial charge in [-0.25, -0.2) is 9.69 Å². The first-order valence-corrected chi connectivity index (χ1v) is 5.70. The molecule has 0 saturated carbocycles. The molecule has 0 aromatic rings. The van der Waals surface area contributed by atoms with Crippen molar-refractivity contribution < 1.29 is 23.8 Å². The Balaban J connectivity index is 2.62. The first kappa shape index (κ1) is 13.9. The first-order valence-electron chi connectivity index (χ1n) is 5.70. The fraction of sp³-hybridized carbons (Fsp3) is 0.818. The molecule has 2 atom stereocenters. The van der Waals surface area contributed by atoms with E-state index in [1.165, 1.54) is 0 Å². The van der Waals surface area contributed by atoms with Gasteiger partial charge < -0.3 is 9.84 Å². The van der Waals surface area contributed by atoms with E-state index in [9.17, 15) is 19.1 Å². The SMILES string of the molecule is CC(C)[C@@H]1COC(=O)N1C(=O)C[C@@H](O)CCF. The molecule has 0 spiro atoms. The van der Waals surface area contributed by atoms with E-state index < -0.39 is 24.8 Å². The second-order valence-corrected chi connectivity index (χ2v) is 4.49. The molecular weight excluding hydrogens is 229 g/mol. The van der Waals surface area contributed by atoms with Crippen molar-refractivity contribution in [3.05, 3.63) is 0 Å². The van der Waals surface area contributed by atoms with Crippen molar-refractivity contribution in [3.63, 3.8) is 0 Å². The number of cyclic esters (lactones) is 1. The summed E-state index contributed by atoms with van der Waals surface area (Å²) in [6.07, 6.45) is -2.07. The maximum absolute atomic E-state index is 12.0. The Morgan fingerprint density at radius 2 is 2.29 bits per heavy atom. The summed E-state index contributed by atoms with van der Waals surface area (Å²) in [6, 6.07) is -0.299. The number of hydrogen-bond acceptors (Lipinski definition) is 4. The predicted octanol–water partition coefficient (Wildman–Crippen LogP) is 1.10. The number of halogens is 1. The van der Waals surface area contributed by atoms with Gasteiger partial charge in [0.05, 0.1) is 25.2 Å². The number of carbonyl (C=O) groups is 2. The van der Waals surface area contributed by atoms with Gasteiger partial charge in [-0.1, -0.05) is 13.8 Å². The quantitative estimate of drug-likeness (QED) is 0.790. The number of hydrogen-bond donors (Lipinski definition) is 1. The van der Waals surface area contributed by atoms with E-state index in [0.717, 1.165) is 4.90 Å². The number of ether oxygens (including phenoxy) is 1. The largest absolute Gasteiger partial charge is 0.447 e. The zero-order valence-electron chi connectivity index (χ0n) is 10.1. The van der Waals surface area contributed by atoms with E-state index in [1.807, 2.05) is 13.8 Å². The Labute approximate surface area is 99.5 Å². The molecule has 1 rings (SSSR count). The minimum absolute atomic E-state index is 0.0868. The number of amides is 2. The molecule has 0 bridgehead atoms. The molecule has 98 valence electrons. The summed E-state index contributed by atoms with van der Waals surface area (Å²) in [6.45, 7) is 3.25. The van der Waals surface area contributed by atoms with Crippen molar-refractivity contribution in [1.82, 2.24) is 4.90 Å². The van der Waals surface area contributed by atoms with Crippen molar-refractivity contribution in [2.24, 2.45) is 5.92 Å². The predicted molar refractivity (Wildman–Crippen MR) is 58.0 cm³/mol. The van der Waals surface area contributed by atoms with Crippen LogP contribution < -0.4 is 0 Å². The number of imide groups is 1. The van der Waals surface area contributed by atoms with Gasteiger partial charge in [0.2, 0.25) is 5.91 Å². The van der Waals surface area contributed by atoms with E-state index >= 15 is 0 Å². The van der Waals surface area contributed by atoms with Gasteiger partial charge in [0.1, 0.15) is 6.61 Å². The summed E-state index contributed by atoms with van der Waals surface area (Å²) >= 11 is 0. The van der Waals surface area contributed by atoms with Gasteiger partial charge >= 0.3 is 6.09 Å². The zero-order chi connectivity index (χ0) is 13.0. The molecule has 0 unspecified atom stereocenters. The molecular formula is C11H18FNO4. The van der Waals surface area contributed by atoms with Crippen molar-refractivity contribution in [2.45, 2.75) is 38.8 Å². The van der Waals surface area contributed by atoms with E-state index in [2.05, 4.69) is 0 Å². The lowest BCUT2D eigenvalue weighted by atomic mass is 10.0. The van der Waals surface area contributed by atoms with Crippen LogP contribution in [-0.4, -0.2) is 47.4 Å². The normalized spacial score (nSPS) is 21.8. The maximum atomic E-state index is 12.0. The molecule has 1 fully saturated rings. The molecule has 1 aliphatic rings. The monoisotopic (exact) mass is 247 g/mol. The Hall–Kier alpha value is -1.17. The van der Waals surface area contributed by atoms with Crippen molar-refractivity contribution in [2.75, 3.05) is 13.3 Å². The first-order chi connectivity index (χ1) is 7.97. The molecule has 1 heterocycles. The minimum atomic E-state index is -1.05. The van der Waals surface area contributed by atoms with Crippen LogP contribution >= 0.6 is 0 Å². The standard InChI is InChI=1S/C11H18FNO4/c1-7(2)9-6-17-11(16)13(9)10(15)5-8(14)3-4-12/h7-9,14H,3-6H2,1-2H3/t8-,9-/m0/s1. The summed E-state index contributed by atoms with van der Waals surface area (Å²) < 4.78 is 16.8. The van der Waals surface area contributed by atoms with Crippen LogP contribution in [0.5, 0.6) is 0 Å². The second kappa shape index (κ2) is 5.95. The van der Waals surface area contributed by atoms with Crippen LogP contribution in [0.25, 0.3) is 0 Å². The van der Waals surface area contributed by atoms with Crippen LogP contribution in [0.1, 0.15) is 26.7 Å². The highest BCUT2D eigenvalue weighted by atomic mass is 19.1. The molecule has 0 aliphatic carbocycles. The Morgan fingerprint density at radius 3 is 2.82 bits per heavy atom. The lowest BCUT2D eigenvalue weighted by molar-refractivity contribution is -0.131. The number of aliphatic hydroxyl groups is 1. The number of nitrogens with zero attached hydrogens (tertiary/aromatic N) is 1. The van der Waals surface area contributed by atoms with Gasteiger partial charge in [-0.05, 0) is 5.92 Å². The van der Waals surface area contributed by atoms with Gasteiger partial charge in [-0.2, -0.15) is 0 Å². The minimum Gasteiger partial charge on any atom is -0.447 e. The number of carbonyl (C=O) groups excluding carboxylic acids is 2. The Kier molecular flexibility index (Phi) is 4.86. The van der Waals surface area contributed by atoms with Crippen LogP contribution in [0.4, 0.5) is 9.18 Å². The van der Waals surface area contributed by atoms with E-state index in [1.54, 1.807) is 0 Å². The van der Waals surface area contributed by atoms with Crippen LogP contribution in [0.2, 0.25) is 0 Å². The smallest absolute Gasteiger partial charge is 0.416 e. The highest BCUT2D eigenvalue weighted by Crippen LogP contribution is 2.21. The highest BCUT2D eigenvalue weighted by molar-refractivity contribution is 5.93. The van der Waals surface area contributed by atoms with E-state index in [4.69, 9.17) is 4.74 Å². The summed E-state index contributed by atoms with van der Waals surface area (Å²) in [7, 11) is 0. The summed E-state index contributed by atoms with van der Waals surface area (Å²) in [5.74, 6) is -0.420. The van der Waals surface area contributed by atoms with Crippen LogP contribution in [0.15, 0.2) is 0 Å². The van der Waals surface area contributed by atoms with E-state index in [-0.39, 0.29) is 31.4 Å². The molecule has 0 aromatic carbocycles. The van der Waals surface area contributed by atoms with Crippen LogP contribution in [-0.2, 0) is 9.53 Å². The average molecular weight is 247 g/mol. The second-order valence-electron chi connectivity index (χ2n) is 4.49. The molecule has 5 nitrogen and oxygen atoms in total. The van der Waals surface area contributed by atoms with Crippen LogP contribution in [0.3, 0.4) is 0 Å². The van der Waals surface area contributed by atoms with Crippen molar-refractivity contribution in [3.8, 4) is 0 Å². The molecule has 1 aliphatic heterocycles. The zero-order valence-corrected chi connectivity index (χ0v) is 10.1. The van der Waals surface area contributed by atoms with Gasteiger partial charge in [0.25, 0.3) is 0 Å². The molecule has 2 amide bonds. The summed E-state index contributed by atoms with van der Waals surface area (Å²) in [5, 5.41) is 9.35. The molecule has 6 heteroatoms. The lowest BCUT2D eigenvalue weighted by Crippen LogP contribution is -2.43. The third-order valence-corrected chi connectivity index (χ3v) is 2.80. The Morgan fingerprint density at radius 1 is 1.65 bits per heavy atom. The maximum Gasteiger partial charge on any atom is 0.416 e. The number of alkyl halides is 1. The van der Waals surface area contributed by atoms with Crippen LogP contribution in [0, 0.1) is 5.92 Å².